The van der Waals surface area contributed by atoms with Gasteiger partial charge in [-0.1, -0.05) is 0 Å². The minimum Gasteiger partial charge on any atom is -0.478 e. The van der Waals surface area contributed by atoms with Crippen LogP contribution in [0.2, 0.25) is 0 Å². The summed E-state index contributed by atoms with van der Waals surface area (Å²) in [5, 5.41) is 8.49. The van der Waals surface area contributed by atoms with Crippen molar-refractivity contribution < 1.29 is 41.0 Å². The van der Waals surface area contributed by atoms with Crippen molar-refractivity contribution in [2.24, 2.45) is 0 Å². The summed E-state index contributed by atoms with van der Waals surface area (Å²) in [7, 11) is 0. The van der Waals surface area contributed by atoms with Gasteiger partial charge in [0.25, 0.3) is 5.56 Å². The molecule has 19 heavy (non-hydrogen) atoms. The van der Waals surface area contributed by atoms with Crippen LogP contribution in [0.4, 0.5) is 26.3 Å². The number of halogens is 6. The molecule has 11 heteroatoms. The van der Waals surface area contributed by atoms with Crippen molar-refractivity contribution in [3.63, 3.8) is 0 Å². The summed E-state index contributed by atoms with van der Waals surface area (Å²) in [6.45, 7) is 0. The largest absolute Gasteiger partial charge is 0.574 e. The summed E-state index contributed by atoms with van der Waals surface area (Å²) in [4.78, 5) is 22.5. The molecule has 5 nitrogen and oxygen atoms in total. The fraction of sp³-hybridized carbons (Fsp3) is 0.250. The average Bonchev–Trinajstić information content (AvgIpc) is 2.10. The number of alkyl halides is 6. The zero-order valence-corrected chi connectivity index (χ0v) is 8.52. The van der Waals surface area contributed by atoms with E-state index in [1.165, 1.54) is 0 Å². The van der Waals surface area contributed by atoms with E-state index in [2.05, 4.69) is 4.74 Å². The number of aromatic carboxylic acids is 1. The molecule has 0 aliphatic rings. The molecular weight excluding hydrogens is 288 g/mol. The molecule has 0 saturated heterocycles. The van der Waals surface area contributed by atoms with Crippen molar-refractivity contribution in [2.45, 2.75) is 12.5 Å². The number of nitrogens with one attached hydrogen (secondary N) is 1. The summed E-state index contributed by atoms with van der Waals surface area (Å²) in [6, 6.07) is 0.00832. The Kier molecular flexibility index (Phi) is 3.50. The Labute approximate surface area is 99.0 Å². The number of carboxylic acid groups (broad SMARTS) is 1. The third kappa shape index (κ3) is 3.63. The lowest BCUT2D eigenvalue weighted by Crippen LogP contribution is -2.26. The van der Waals surface area contributed by atoms with Crippen LogP contribution >= 0.6 is 0 Å². The lowest BCUT2D eigenvalue weighted by molar-refractivity contribution is -0.278. The Morgan fingerprint density at radius 1 is 1.21 bits per heavy atom. The number of carboxylic acids is 1. The highest BCUT2D eigenvalue weighted by Gasteiger charge is 2.43. The van der Waals surface area contributed by atoms with Crippen LogP contribution in [0.5, 0.6) is 5.88 Å². The van der Waals surface area contributed by atoms with E-state index < -0.39 is 41.1 Å². The SMILES string of the molecule is O=C(O)c1cc(=O)[nH]c(OC(F)(F)F)c1C(F)(F)F. The second-order valence-corrected chi connectivity index (χ2v) is 3.10. The van der Waals surface area contributed by atoms with E-state index in [1.54, 1.807) is 0 Å². The van der Waals surface area contributed by atoms with Gasteiger partial charge in [0.15, 0.2) is 0 Å². The zero-order valence-electron chi connectivity index (χ0n) is 8.52. The molecule has 1 aromatic rings. The topological polar surface area (TPSA) is 79.4 Å². The van der Waals surface area contributed by atoms with Gasteiger partial charge < -0.3 is 9.84 Å². The standard InChI is InChI=1S/C8H3F6NO4/c9-7(10,11)4-2(6(17)18)1-3(16)15-5(4)19-8(12,13)14/h1H,(H,15,16)(H,17,18). The molecule has 1 rings (SSSR count). The van der Waals surface area contributed by atoms with Gasteiger partial charge in [-0.15, -0.1) is 13.2 Å². The molecule has 0 radical (unpaired) electrons. The van der Waals surface area contributed by atoms with Crippen LogP contribution in [0.3, 0.4) is 0 Å². The molecule has 0 bridgehead atoms. The Hall–Kier alpha value is -2.20. The number of hydrogen-bond acceptors (Lipinski definition) is 3. The van der Waals surface area contributed by atoms with E-state index in [9.17, 15) is 35.9 Å². The summed E-state index contributed by atoms with van der Waals surface area (Å²) < 4.78 is 76.4. The highest BCUT2D eigenvalue weighted by Crippen LogP contribution is 2.38. The van der Waals surface area contributed by atoms with Gasteiger partial charge in [0.05, 0.1) is 5.56 Å². The smallest absolute Gasteiger partial charge is 0.478 e. The molecule has 2 N–H and O–H groups in total. The summed E-state index contributed by atoms with van der Waals surface area (Å²) in [6.07, 6.45) is -11.0. The molecule has 0 fully saturated rings. The molecule has 1 aromatic heterocycles. The Morgan fingerprint density at radius 3 is 2.11 bits per heavy atom. The van der Waals surface area contributed by atoms with E-state index in [-0.39, 0.29) is 6.07 Å². The number of pyridine rings is 1. The Bertz CT molecular complexity index is 558. The predicted molar refractivity (Wildman–Crippen MR) is 45.7 cm³/mol. The molecule has 0 aromatic carbocycles. The number of aromatic nitrogens is 1. The van der Waals surface area contributed by atoms with E-state index in [0.29, 0.717) is 0 Å². The van der Waals surface area contributed by atoms with Crippen LogP contribution in [0.1, 0.15) is 15.9 Å². The maximum Gasteiger partial charge on any atom is 0.574 e. The van der Waals surface area contributed by atoms with Crippen LogP contribution < -0.4 is 10.3 Å². The van der Waals surface area contributed by atoms with Crippen molar-refractivity contribution in [3.05, 3.63) is 27.5 Å². The fourth-order valence-electron chi connectivity index (χ4n) is 1.18. The molecule has 0 aliphatic heterocycles. The molecule has 0 saturated carbocycles. The molecule has 0 spiro atoms. The van der Waals surface area contributed by atoms with Crippen molar-refractivity contribution in [3.8, 4) is 5.88 Å². The quantitative estimate of drug-likeness (QED) is 0.817. The molecule has 106 valence electrons. The molecule has 0 aliphatic carbocycles. The van der Waals surface area contributed by atoms with Gasteiger partial charge in [0.2, 0.25) is 5.88 Å². The van der Waals surface area contributed by atoms with Crippen LogP contribution in [0, 0.1) is 0 Å². The van der Waals surface area contributed by atoms with E-state index in [4.69, 9.17) is 5.11 Å². The molecule has 0 atom stereocenters. The van der Waals surface area contributed by atoms with Crippen molar-refractivity contribution in [1.29, 1.82) is 0 Å². The third-order valence-electron chi connectivity index (χ3n) is 1.74. The van der Waals surface area contributed by atoms with Gasteiger partial charge in [-0.2, -0.15) is 13.2 Å². The maximum absolute atomic E-state index is 12.5. The number of carbonyl (C=O) groups is 1. The number of H-pyrrole nitrogens is 1. The minimum absolute atomic E-state index is 0.00832. The lowest BCUT2D eigenvalue weighted by atomic mass is 10.1. The number of ether oxygens (including phenoxy) is 1. The molecule has 0 amide bonds. The number of hydrogen-bond donors (Lipinski definition) is 2. The van der Waals surface area contributed by atoms with E-state index >= 15 is 0 Å². The van der Waals surface area contributed by atoms with Crippen molar-refractivity contribution in [2.75, 3.05) is 0 Å². The first-order valence-corrected chi connectivity index (χ1v) is 4.25. The van der Waals surface area contributed by atoms with Crippen LogP contribution in [0.15, 0.2) is 10.9 Å². The van der Waals surface area contributed by atoms with Gasteiger partial charge in [-0.3, -0.25) is 9.78 Å². The third-order valence-corrected chi connectivity index (χ3v) is 1.74. The fourth-order valence-corrected chi connectivity index (χ4v) is 1.18. The first-order chi connectivity index (χ1) is 8.42. The van der Waals surface area contributed by atoms with Gasteiger partial charge >= 0.3 is 18.5 Å². The second-order valence-electron chi connectivity index (χ2n) is 3.10. The zero-order chi connectivity index (χ0) is 15.0. The lowest BCUT2D eigenvalue weighted by Gasteiger charge is -2.16. The molecule has 0 unspecified atom stereocenters. The van der Waals surface area contributed by atoms with Crippen LogP contribution in [-0.2, 0) is 6.18 Å². The first kappa shape index (κ1) is 14.9. The highest BCUT2D eigenvalue weighted by molar-refractivity contribution is 5.90. The van der Waals surface area contributed by atoms with Gasteiger partial charge in [0, 0.05) is 6.07 Å². The van der Waals surface area contributed by atoms with Crippen LogP contribution in [-0.4, -0.2) is 22.4 Å². The Balaban J connectivity index is 3.61. The van der Waals surface area contributed by atoms with Crippen LogP contribution in [0.25, 0.3) is 0 Å². The van der Waals surface area contributed by atoms with Gasteiger partial charge in [0.1, 0.15) is 5.56 Å². The summed E-state index contributed by atoms with van der Waals surface area (Å²) in [5.41, 5.74) is -5.35. The minimum atomic E-state index is -5.53. The van der Waals surface area contributed by atoms with Gasteiger partial charge in [-0.25, -0.2) is 4.79 Å². The maximum atomic E-state index is 12.5. The normalized spacial score (nSPS) is 12.3. The molecular formula is C8H3F6NO4. The monoisotopic (exact) mass is 291 g/mol. The van der Waals surface area contributed by atoms with E-state index in [1.807, 2.05) is 0 Å². The van der Waals surface area contributed by atoms with E-state index in [0.717, 1.165) is 4.98 Å². The predicted octanol–water partition coefficient (Wildman–Crippen LogP) is 1.99. The Morgan fingerprint density at radius 2 is 1.74 bits per heavy atom. The molecule has 1 heterocycles. The average molecular weight is 291 g/mol. The van der Waals surface area contributed by atoms with Crippen molar-refractivity contribution >= 4 is 5.97 Å². The van der Waals surface area contributed by atoms with Crippen molar-refractivity contribution in [1.82, 2.24) is 4.98 Å². The highest BCUT2D eigenvalue weighted by atomic mass is 19.4. The first-order valence-electron chi connectivity index (χ1n) is 4.25. The number of rotatable bonds is 2. The number of aromatic amines is 1. The van der Waals surface area contributed by atoms with Gasteiger partial charge in [-0.05, 0) is 0 Å². The second kappa shape index (κ2) is 4.48. The summed E-state index contributed by atoms with van der Waals surface area (Å²) in [5.74, 6) is -4.24. The summed E-state index contributed by atoms with van der Waals surface area (Å²) >= 11 is 0.